The van der Waals surface area contributed by atoms with Crippen LogP contribution in [-0.4, -0.2) is 42.7 Å². The van der Waals surface area contributed by atoms with Crippen LogP contribution in [-0.2, 0) is 0 Å². The summed E-state index contributed by atoms with van der Waals surface area (Å²) < 4.78 is 34.3. The van der Waals surface area contributed by atoms with Crippen molar-refractivity contribution >= 4 is 17.1 Å². The molecule has 3 aromatic carbocycles. The lowest BCUT2D eigenvalue weighted by Gasteiger charge is -2.32. The maximum absolute atomic E-state index is 5.72. The summed E-state index contributed by atoms with van der Waals surface area (Å²) in [6, 6.07) is 16.7. The molecule has 0 aliphatic heterocycles. The van der Waals surface area contributed by atoms with Gasteiger partial charge in [-0.1, -0.05) is 18.2 Å². The molecule has 7 nitrogen and oxygen atoms in total. The molecule has 0 aliphatic rings. The molecule has 0 heterocycles. The van der Waals surface area contributed by atoms with E-state index in [1.165, 1.54) is 0 Å². The second kappa shape index (κ2) is 9.84. The van der Waals surface area contributed by atoms with Gasteiger partial charge in [0.15, 0.2) is 0 Å². The molecule has 3 rings (SSSR count). The SMILES string of the molecule is COc1cccc(OC)c1N(c1c(OC)cccc1OC)c1c(OC)cccc1OC. The molecule has 0 atom stereocenters. The van der Waals surface area contributed by atoms with Gasteiger partial charge in [0.25, 0.3) is 0 Å². The fourth-order valence-electron chi connectivity index (χ4n) is 3.49. The largest absolute Gasteiger partial charge is 0.494 e. The van der Waals surface area contributed by atoms with Crippen molar-refractivity contribution in [2.24, 2.45) is 0 Å². The van der Waals surface area contributed by atoms with Gasteiger partial charge in [0.05, 0.1) is 42.7 Å². The molecule has 0 aliphatic carbocycles. The lowest BCUT2D eigenvalue weighted by molar-refractivity contribution is 0.385. The Morgan fingerprint density at radius 2 is 0.581 bits per heavy atom. The van der Waals surface area contributed by atoms with Crippen molar-refractivity contribution in [1.82, 2.24) is 0 Å². The first-order chi connectivity index (χ1) is 15.1. The third kappa shape index (κ3) is 3.99. The highest BCUT2D eigenvalue weighted by molar-refractivity contribution is 5.93. The topological polar surface area (TPSA) is 58.6 Å². The summed E-state index contributed by atoms with van der Waals surface area (Å²) in [6.07, 6.45) is 0. The van der Waals surface area contributed by atoms with Crippen LogP contribution in [0.5, 0.6) is 34.5 Å². The second-order valence-electron chi connectivity index (χ2n) is 6.37. The summed E-state index contributed by atoms with van der Waals surface area (Å²) in [4.78, 5) is 1.91. The molecule has 0 aromatic heterocycles. The van der Waals surface area contributed by atoms with Crippen LogP contribution in [0.3, 0.4) is 0 Å². The van der Waals surface area contributed by atoms with Crippen molar-refractivity contribution < 1.29 is 28.4 Å². The van der Waals surface area contributed by atoms with Crippen molar-refractivity contribution in [2.45, 2.75) is 0 Å². The third-order valence-corrected chi connectivity index (χ3v) is 4.88. The monoisotopic (exact) mass is 425 g/mol. The van der Waals surface area contributed by atoms with Gasteiger partial charge in [-0.2, -0.15) is 0 Å². The minimum absolute atomic E-state index is 0.584. The summed E-state index contributed by atoms with van der Waals surface area (Å²) in [5.41, 5.74) is 1.91. The van der Waals surface area contributed by atoms with E-state index < -0.39 is 0 Å². The van der Waals surface area contributed by atoms with Crippen LogP contribution in [0.15, 0.2) is 54.6 Å². The summed E-state index contributed by atoms with van der Waals surface area (Å²) in [5, 5.41) is 0. The quantitative estimate of drug-likeness (QED) is 0.466. The van der Waals surface area contributed by atoms with E-state index in [4.69, 9.17) is 28.4 Å². The fourth-order valence-corrected chi connectivity index (χ4v) is 3.49. The number of benzene rings is 3. The van der Waals surface area contributed by atoms with Crippen molar-refractivity contribution in [3.05, 3.63) is 54.6 Å². The molecule has 0 spiro atoms. The number of hydrogen-bond acceptors (Lipinski definition) is 7. The minimum atomic E-state index is 0.584. The van der Waals surface area contributed by atoms with Crippen molar-refractivity contribution in [1.29, 1.82) is 0 Å². The molecule has 0 saturated carbocycles. The Morgan fingerprint density at radius 1 is 0.387 bits per heavy atom. The van der Waals surface area contributed by atoms with E-state index in [-0.39, 0.29) is 0 Å². The molecule has 0 fully saturated rings. The van der Waals surface area contributed by atoms with Gasteiger partial charge in [-0.15, -0.1) is 0 Å². The Labute approximate surface area is 182 Å². The summed E-state index contributed by atoms with van der Waals surface area (Å²) >= 11 is 0. The third-order valence-electron chi connectivity index (χ3n) is 4.88. The molecule has 164 valence electrons. The maximum Gasteiger partial charge on any atom is 0.146 e. The van der Waals surface area contributed by atoms with Crippen LogP contribution in [0.25, 0.3) is 0 Å². The number of nitrogens with zero attached hydrogens (tertiary/aromatic N) is 1. The van der Waals surface area contributed by atoms with Crippen LogP contribution < -0.4 is 33.3 Å². The van der Waals surface area contributed by atoms with Crippen LogP contribution >= 0.6 is 0 Å². The van der Waals surface area contributed by atoms with E-state index in [0.717, 1.165) is 0 Å². The average molecular weight is 425 g/mol. The van der Waals surface area contributed by atoms with Gasteiger partial charge in [-0.3, -0.25) is 4.90 Å². The predicted octanol–water partition coefficient (Wildman–Crippen LogP) is 5.21. The van der Waals surface area contributed by atoms with E-state index >= 15 is 0 Å². The Hall–Kier alpha value is -3.74. The maximum atomic E-state index is 5.72. The van der Waals surface area contributed by atoms with E-state index in [2.05, 4.69) is 0 Å². The first-order valence-electron chi connectivity index (χ1n) is 9.58. The smallest absolute Gasteiger partial charge is 0.146 e. The summed E-state index contributed by atoms with van der Waals surface area (Å²) in [6.45, 7) is 0. The van der Waals surface area contributed by atoms with Crippen molar-refractivity contribution in [3.63, 3.8) is 0 Å². The lowest BCUT2D eigenvalue weighted by Crippen LogP contribution is -2.16. The van der Waals surface area contributed by atoms with Crippen molar-refractivity contribution in [2.75, 3.05) is 47.6 Å². The van der Waals surface area contributed by atoms with E-state index in [0.29, 0.717) is 51.6 Å². The first kappa shape index (κ1) is 22.0. The molecular weight excluding hydrogens is 398 g/mol. The van der Waals surface area contributed by atoms with Crippen LogP contribution in [0.1, 0.15) is 0 Å². The Kier molecular flexibility index (Phi) is 6.97. The zero-order valence-electron chi connectivity index (χ0n) is 18.6. The van der Waals surface area contributed by atoms with Crippen LogP contribution in [0, 0.1) is 0 Å². The Morgan fingerprint density at radius 3 is 0.742 bits per heavy atom. The highest BCUT2D eigenvalue weighted by Crippen LogP contribution is 2.56. The van der Waals surface area contributed by atoms with E-state index in [1.54, 1.807) is 42.7 Å². The van der Waals surface area contributed by atoms with Crippen molar-refractivity contribution in [3.8, 4) is 34.5 Å². The minimum Gasteiger partial charge on any atom is -0.494 e. The molecule has 7 heteroatoms. The predicted molar refractivity (Wildman–Crippen MR) is 120 cm³/mol. The number of ether oxygens (including phenoxy) is 6. The zero-order chi connectivity index (χ0) is 22.4. The first-order valence-corrected chi connectivity index (χ1v) is 9.58. The van der Waals surface area contributed by atoms with Gasteiger partial charge in [0.1, 0.15) is 51.6 Å². The fraction of sp³-hybridized carbons (Fsp3) is 0.250. The van der Waals surface area contributed by atoms with Gasteiger partial charge in [-0.25, -0.2) is 0 Å². The molecule has 0 radical (unpaired) electrons. The van der Waals surface area contributed by atoms with Gasteiger partial charge in [0.2, 0.25) is 0 Å². The van der Waals surface area contributed by atoms with Gasteiger partial charge < -0.3 is 28.4 Å². The second-order valence-corrected chi connectivity index (χ2v) is 6.37. The molecule has 0 saturated heterocycles. The molecule has 31 heavy (non-hydrogen) atoms. The highest BCUT2D eigenvalue weighted by Gasteiger charge is 2.31. The van der Waals surface area contributed by atoms with Crippen LogP contribution in [0.2, 0.25) is 0 Å². The molecular formula is C24H27NO6. The molecule has 0 amide bonds. The lowest BCUT2D eigenvalue weighted by atomic mass is 10.1. The molecule has 0 bridgehead atoms. The van der Waals surface area contributed by atoms with Crippen LogP contribution in [0.4, 0.5) is 17.1 Å². The normalized spacial score (nSPS) is 10.3. The molecule has 3 aromatic rings. The number of methoxy groups -OCH3 is 6. The number of anilines is 3. The number of hydrogen-bond donors (Lipinski definition) is 0. The summed E-state index contributed by atoms with van der Waals surface area (Å²) in [5.74, 6) is 3.50. The standard InChI is InChI=1S/C24H27NO6/c1-26-16-10-7-11-17(27-2)22(16)25(23-18(28-3)12-8-13-19(23)29-4)24-20(30-5)14-9-15-21(24)31-6/h7-15H,1-6H3. The van der Waals surface area contributed by atoms with E-state index in [1.807, 2.05) is 59.5 Å². The van der Waals surface area contributed by atoms with Gasteiger partial charge in [0, 0.05) is 0 Å². The van der Waals surface area contributed by atoms with Gasteiger partial charge >= 0.3 is 0 Å². The number of rotatable bonds is 9. The molecule has 0 unspecified atom stereocenters. The van der Waals surface area contributed by atoms with E-state index in [9.17, 15) is 0 Å². The van der Waals surface area contributed by atoms with Gasteiger partial charge in [-0.05, 0) is 36.4 Å². The summed E-state index contributed by atoms with van der Waals surface area (Å²) in [7, 11) is 9.64. The Bertz CT molecular complexity index is 838. The Balaban J connectivity index is 2.52. The molecule has 0 N–H and O–H groups in total. The number of para-hydroxylation sites is 3. The highest BCUT2D eigenvalue weighted by atomic mass is 16.5. The average Bonchev–Trinajstić information content (AvgIpc) is 2.83. The zero-order valence-corrected chi connectivity index (χ0v) is 18.6.